The molecule has 2 aromatic rings. The van der Waals surface area contributed by atoms with Crippen LogP contribution < -0.4 is 16.4 Å². The molecule has 2 amide bonds. The number of carbonyl (C=O) groups excluding carboxylic acids is 2. The number of hydrogen-bond acceptors (Lipinski definition) is 7. The zero-order valence-electron chi connectivity index (χ0n) is 18.2. The number of nitrogens with zero attached hydrogens (tertiary/aromatic N) is 5. The topological polar surface area (TPSA) is 131 Å². The van der Waals surface area contributed by atoms with Crippen molar-refractivity contribution in [3.8, 4) is 0 Å². The van der Waals surface area contributed by atoms with Gasteiger partial charge in [-0.25, -0.2) is 4.98 Å². The first-order valence-electron chi connectivity index (χ1n) is 11.2. The molecule has 170 valence electrons. The molecule has 0 bridgehead atoms. The van der Waals surface area contributed by atoms with Crippen LogP contribution in [0.25, 0.3) is 0 Å². The van der Waals surface area contributed by atoms with Crippen LogP contribution in [0.1, 0.15) is 61.3 Å². The molecule has 1 saturated heterocycles. The Balaban J connectivity index is 1.46. The number of nitrogens with one attached hydrogen (secondary N) is 2. The maximum Gasteiger partial charge on any atom is 0.254 e. The van der Waals surface area contributed by atoms with E-state index < -0.39 is 5.91 Å². The van der Waals surface area contributed by atoms with Crippen molar-refractivity contribution in [2.45, 2.75) is 57.0 Å². The summed E-state index contributed by atoms with van der Waals surface area (Å²) in [6.07, 6.45) is 13.9. The Kier molecular flexibility index (Phi) is 6.67. The average Bonchev–Trinajstić information content (AvgIpc) is 3.28. The van der Waals surface area contributed by atoms with Crippen molar-refractivity contribution in [3.63, 3.8) is 0 Å². The molecular formula is C22H30N8O2. The summed E-state index contributed by atoms with van der Waals surface area (Å²) in [5, 5.41) is 11.0. The number of likely N-dealkylation sites (tertiary alicyclic amines) is 1. The van der Waals surface area contributed by atoms with Crippen LogP contribution in [0.15, 0.2) is 31.2 Å². The van der Waals surface area contributed by atoms with Gasteiger partial charge in [0.1, 0.15) is 5.82 Å². The van der Waals surface area contributed by atoms with Crippen LogP contribution in [0.3, 0.4) is 0 Å². The number of amides is 2. The van der Waals surface area contributed by atoms with Gasteiger partial charge in [0.2, 0.25) is 11.9 Å². The third-order valence-electron chi connectivity index (χ3n) is 6.11. The summed E-state index contributed by atoms with van der Waals surface area (Å²) in [5.41, 5.74) is 6.54. The van der Waals surface area contributed by atoms with E-state index in [1.165, 1.54) is 18.7 Å². The van der Waals surface area contributed by atoms with Crippen molar-refractivity contribution in [1.29, 1.82) is 0 Å². The molecule has 2 aliphatic rings. The second-order valence-electron chi connectivity index (χ2n) is 8.42. The van der Waals surface area contributed by atoms with Gasteiger partial charge >= 0.3 is 0 Å². The third-order valence-corrected chi connectivity index (χ3v) is 6.11. The number of anilines is 3. The number of primary amides is 1. The van der Waals surface area contributed by atoms with Crippen LogP contribution in [0, 0.1) is 0 Å². The lowest BCUT2D eigenvalue weighted by atomic mass is 9.95. The predicted molar refractivity (Wildman–Crippen MR) is 122 cm³/mol. The fraction of sp³-hybridized carbons (Fsp3) is 0.500. The summed E-state index contributed by atoms with van der Waals surface area (Å²) in [6, 6.07) is 0.379. The number of hydrogen-bond donors (Lipinski definition) is 3. The lowest BCUT2D eigenvalue weighted by Gasteiger charge is -2.32. The van der Waals surface area contributed by atoms with E-state index in [0.717, 1.165) is 50.8 Å². The quantitative estimate of drug-likeness (QED) is 0.566. The van der Waals surface area contributed by atoms with Gasteiger partial charge in [-0.1, -0.05) is 25.8 Å². The zero-order chi connectivity index (χ0) is 22.5. The van der Waals surface area contributed by atoms with E-state index in [2.05, 4.69) is 32.3 Å². The van der Waals surface area contributed by atoms with E-state index in [0.29, 0.717) is 18.3 Å². The molecule has 10 heteroatoms. The number of piperidine rings is 1. The number of aromatic nitrogens is 4. The Labute approximate surface area is 187 Å². The number of nitrogens with two attached hydrogens (primary N) is 1. The lowest BCUT2D eigenvalue weighted by Crippen LogP contribution is -2.39. The van der Waals surface area contributed by atoms with Crippen molar-refractivity contribution in [1.82, 2.24) is 24.6 Å². The standard InChI is InChI=1S/C22H30N8O2/c1-2-19(31)29-10-6-9-17(14-29)30-13-16(11-25-30)27-22-24-12-18(20(23)32)21(28-22)26-15-7-4-3-5-8-15/h2,11-13,15,17H,1,3-10,14H2,(H2,23,32)(H2,24,26,27,28). The van der Waals surface area contributed by atoms with E-state index in [1.54, 1.807) is 11.1 Å². The molecule has 0 spiro atoms. The van der Waals surface area contributed by atoms with Crippen molar-refractivity contribution in [2.24, 2.45) is 5.73 Å². The third kappa shape index (κ3) is 5.06. The van der Waals surface area contributed by atoms with Gasteiger partial charge in [0.15, 0.2) is 0 Å². The summed E-state index contributed by atoms with van der Waals surface area (Å²) in [7, 11) is 0. The lowest BCUT2D eigenvalue weighted by molar-refractivity contribution is -0.127. The molecule has 0 aromatic carbocycles. The van der Waals surface area contributed by atoms with Gasteiger partial charge in [-0.05, 0) is 31.8 Å². The smallest absolute Gasteiger partial charge is 0.254 e. The van der Waals surface area contributed by atoms with Gasteiger partial charge in [-0.3, -0.25) is 14.3 Å². The summed E-state index contributed by atoms with van der Waals surface area (Å²) in [5.74, 6) is 0.208. The first-order valence-corrected chi connectivity index (χ1v) is 11.2. The molecular weight excluding hydrogens is 408 g/mol. The van der Waals surface area contributed by atoms with Crippen molar-refractivity contribution in [3.05, 3.63) is 36.8 Å². The highest BCUT2D eigenvalue weighted by Crippen LogP contribution is 2.25. The van der Waals surface area contributed by atoms with Crippen molar-refractivity contribution < 1.29 is 9.59 Å². The maximum absolute atomic E-state index is 12.0. The predicted octanol–water partition coefficient (Wildman–Crippen LogP) is 2.61. The largest absolute Gasteiger partial charge is 0.367 e. The highest BCUT2D eigenvalue weighted by molar-refractivity contribution is 5.97. The van der Waals surface area contributed by atoms with E-state index in [-0.39, 0.29) is 23.6 Å². The molecule has 1 aliphatic heterocycles. The second-order valence-corrected chi connectivity index (χ2v) is 8.42. The molecule has 0 radical (unpaired) electrons. The van der Waals surface area contributed by atoms with Crippen molar-refractivity contribution >= 4 is 29.3 Å². The highest BCUT2D eigenvalue weighted by atomic mass is 16.2. The number of rotatable bonds is 7. The van der Waals surface area contributed by atoms with Gasteiger partial charge in [0.05, 0.1) is 23.5 Å². The van der Waals surface area contributed by atoms with Crippen molar-refractivity contribution in [2.75, 3.05) is 23.7 Å². The molecule has 3 heterocycles. The second kappa shape index (κ2) is 9.80. The van der Waals surface area contributed by atoms with Gasteiger partial charge in [-0.2, -0.15) is 10.1 Å². The molecule has 1 atom stereocenters. The zero-order valence-corrected chi connectivity index (χ0v) is 18.2. The normalized spacial score (nSPS) is 19.4. The SMILES string of the molecule is C=CC(=O)N1CCCC(n2cc(Nc3ncc(C(N)=O)c(NC4CCCCC4)n3)cn2)C1. The summed E-state index contributed by atoms with van der Waals surface area (Å²) in [4.78, 5) is 34.4. The van der Waals surface area contributed by atoms with Gasteiger partial charge in [-0.15, -0.1) is 0 Å². The van der Waals surface area contributed by atoms with Gasteiger partial charge in [0, 0.05) is 31.5 Å². The molecule has 2 aromatic heterocycles. The summed E-state index contributed by atoms with van der Waals surface area (Å²) >= 11 is 0. The van der Waals surface area contributed by atoms with Crippen LogP contribution in [-0.4, -0.2) is 55.6 Å². The molecule has 32 heavy (non-hydrogen) atoms. The Morgan fingerprint density at radius 3 is 2.72 bits per heavy atom. The Morgan fingerprint density at radius 2 is 1.97 bits per heavy atom. The van der Waals surface area contributed by atoms with Crippen LogP contribution in [0.5, 0.6) is 0 Å². The highest BCUT2D eigenvalue weighted by Gasteiger charge is 2.24. The van der Waals surface area contributed by atoms with E-state index in [9.17, 15) is 9.59 Å². The average molecular weight is 439 g/mol. The van der Waals surface area contributed by atoms with E-state index in [4.69, 9.17) is 5.73 Å². The molecule has 1 unspecified atom stereocenters. The monoisotopic (exact) mass is 438 g/mol. The maximum atomic E-state index is 12.0. The number of carbonyl (C=O) groups is 2. The molecule has 4 rings (SSSR count). The molecule has 1 aliphatic carbocycles. The first kappa shape index (κ1) is 21.8. The minimum atomic E-state index is -0.557. The molecule has 1 saturated carbocycles. The van der Waals surface area contributed by atoms with Crippen LogP contribution in [-0.2, 0) is 4.79 Å². The van der Waals surface area contributed by atoms with Crippen LogP contribution in [0.2, 0.25) is 0 Å². The van der Waals surface area contributed by atoms with Gasteiger partial charge in [0.25, 0.3) is 5.91 Å². The molecule has 10 nitrogen and oxygen atoms in total. The first-order chi connectivity index (χ1) is 15.5. The summed E-state index contributed by atoms with van der Waals surface area (Å²) < 4.78 is 1.86. The van der Waals surface area contributed by atoms with Crippen LogP contribution >= 0.6 is 0 Å². The fourth-order valence-corrected chi connectivity index (χ4v) is 4.40. The Hall–Kier alpha value is -3.43. The molecule has 2 fully saturated rings. The van der Waals surface area contributed by atoms with Gasteiger partial charge < -0.3 is 21.3 Å². The molecule has 4 N–H and O–H groups in total. The van der Waals surface area contributed by atoms with E-state index >= 15 is 0 Å². The summed E-state index contributed by atoms with van der Waals surface area (Å²) in [6.45, 7) is 4.92. The minimum Gasteiger partial charge on any atom is -0.367 e. The van der Waals surface area contributed by atoms with Crippen LogP contribution in [0.4, 0.5) is 17.5 Å². The Bertz CT molecular complexity index is 982. The minimum absolute atomic E-state index is 0.0545. The van der Waals surface area contributed by atoms with E-state index in [1.807, 2.05) is 10.9 Å². The fourth-order valence-electron chi connectivity index (χ4n) is 4.40. The Morgan fingerprint density at radius 1 is 1.16 bits per heavy atom.